The number of hydrogen-bond acceptors (Lipinski definition) is 1. The molecule has 16 heavy (non-hydrogen) atoms. The van der Waals surface area contributed by atoms with Gasteiger partial charge in [-0.3, -0.25) is 5.10 Å². The Labute approximate surface area is 94.5 Å². The van der Waals surface area contributed by atoms with E-state index in [4.69, 9.17) is 0 Å². The number of rotatable bonds is 3. The van der Waals surface area contributed by atoms with Crippen molar-refractivity contribution in [2.75, 3.05) is 0 Å². The molecule has 0 aliphatic heterocycles. The second-order valence-corrected chi connectivity index (χ2v) is 4.26. The van der Waals surface area contributed by atoms with Crippen LogP contribution >= 0.6 is 0 Å². The molecule has 0 aliphatic rings. The Kier molecular flexibility index (Phi) is 3.04. The lowest BCUT2D eigenvalue weighted by Crippen LogP contribution is -1.95. The highest BCUT2D eigenvalue weighted by Crippen LogP contribution is 2.19. The van der Waals surface area contributed by atoms with E-state index in [1.54, 1.807) is 12.1 Å². The van der Waals surface area contributed by atoms with Gasteiger partial charge in [-0.15, -0.1) is 0 Å². The minimum Gasteiger partial charge on any atom is -0.282 e. The van der Waals surface area contributed by atoms with Crippen LogP contribution in [0, 0.1) is 5.82 Å². The van der Waals surface area contributed by atoms with E-state index < -0.39 is 0 Å². The third-order valence-electron chi connectivity index (χ3n) is 2.67. The minimum atomic E-state index is -0.197. The average Bonchev–Trinajstić information content (AvgIpc) is 2.69. The molecule has 1 N–H and O–H groups in total. The third kappa shape index (κ3) is 2.30. The first kappa shape index (κ1) is 10.9. The van der Waals surface area contributed by atoms with E-state index in [0.717, 1.165) is 17.7 Å². The Balaban J connectivity index is 2.20. The highest BCUT2D eigenvalue weighted by atomic mass is 19.1. The van der Waals surface area contributed by atoms with E-state index in [1.165, 1.54) is 17.7 Å². The minimum absolute atomic E-state index is 0.197. The van der Waals surface area contributed by atoms with Gasteiger partial charge in [0.05, 0.1) is 6.20 Å². The number of hydrogen-bond donors (Lipinski definition) is 1. The quantitative estimate of drug-likeness (QED) is 0.841. The number of aromatic amines is 1. The molecule has 0 radical (unpaired) electrons. The Morgan fingerprint density at radius 3 is 2.56 bits per heavy atom. The van der Waals surface area contributed by atoms with Gasteiger partial charge in [-0.25, -0.2) is 4.39 Å². The number of halogens is 1. The van der Waals surface area contributed by atoms with Crippen molar-refractivity contribution in [3.8, 4) is 0 Å². The highest BCUT2D eigenvalue weighted by Gasteiger charge is 2.09. The summed E-state index contributed by atoms with van der Waals surface area (Å²) >= 11 is 0. The molecule has 2 rings (SSSR count). The molecule has 0 bridgehead atoms. The van der Waals surface area contributed by atoms with E-state index in [1.807, 2.05) is 6.20 Å². The highest BCUT2D eigenvalue weighted by molar-refractivity contribution is 5.28. The van der Waals surface area contributed by atoms with Crippen LogP contribution in [0.5, 0.6) is 0 Å². The summed E-state index contributed by atoms with van der Waals surface area (Å²) in [6, 6.07) is 6.59. The van der Waals surface area contributed by atoms with Crippen molar-refractivity contribution >= 4 is 0 Å². The Bertz CT molecular complexity index is 457. The largest absolute Gasteiger partial charge is 0.282 e. The van der Waals surface area contributed by atoms with Gasteiger partial charge in [0.2, 0.25) is 0 Å². The van der Waals surface area contributed by atoms with E-state index >= 15 is 0 Å². The number of H-pyrrole nitrogens is 1. The zero-order chi connectivity index (χ0) is 11.5. The lowest BCUT2D eigenvalue weighted by Gasteiger charge is -2.06. The first-order valence-electron chi connectivity index (χ1n) is 5.43. The van der Waals surface area contributed by atoms with Crippen LogP contribution in [0.4, 0.5) is 4.39 Å². The lowest BCUT2D eigenvalue weighted by molar-refractivity contribution is 0.627. The molecule has 2 nitrogen and oxygen atoms in total. The number of nitrogens with zero attached hydrogens (tertiary/aromatic N) is 1. The maximum Gasteiger partial charge on any atom is 0.123 e. The van der Waals surface area contributed by atoms with Crippen LogP contribution in [0.2, 0.25) is 0 Å². The molecule has 0 spiro atoms. The van der Waals surface area contributed by atoms with Crippen molar-refractivity contribution in [1.29, 1.82) is 0 Å². The molecule has 1 aromatic carbocycles. The summed E-state index contributed by atoms with van der Waals surface area (Å²) < 4.78 is 12.8. The van der Waals surface area contributed by atoms with Gasteiger partial charge in [-0.2, -0.15) is 5.10 Å². The summed E-state index contributed by atoms with van der Waals surface area (Å²) in [7, 11) is 0. The maximum absolute atomic E-state index is 12.8. The van der Waals surface area contributed by atoms with Crippen molar-refractivity contribution in [3.63, 3.8) is 0 Å². The first-order valence-corrected chi connectivity index (χ1v) is 5.43. The fourth-order valence-electron chi connectivity index (χ4n) is 1.77. The van der Waals surface area contributed by atoms with Crippen molar-refractivity contribution in [2.24, 2.45) is 0 Å². The van der Waals surface area contributed by atoms with Gasteiger partial charge in [0.1, 0.15) is 5.82 Å². The zero-order valence-electron chi connectivity index (χ0n) is 9.50. The molecule has 0 amide bonds. The molecule has 2 aromatic rings. The van der Waals surface area contributed by atoms with Crippen molar-refractivity contribution < 1.29 is 4.39 Å². The van der Waals surface area contributed by atoms with Crippen LogP contribution < -0.4 is 0 Å². The van der Waals surface area contributed by atoms with Crippen LogP contribution in [0.15, 0.2) is 30.5 Å². The van der Waals surface area contributed by atoms with Crippen molar-refractivity contribution in [2.45, 2.75) is 26.2 Å². The zero-order valence-corrected chi connectivity index (χ0v) is 9.50. The summed E-state index contributed by atoms with van der Waals surface area (Å²) in [6.07, 6.45) is 2.64. The summed E-state index contributed by atoms with van der Waals surface area (Å²) in [5, 5.41) is 7.06. The SMILES string of the molecule is CC(C)c1cn[nH]c1Cc1ccc(F)cc1. The van der Waals surface area contributed by atoms with Crippen LogP contribution in [-0.2, 0) is 6.42 Å². The summed E-state index contributed by atoms with van der Waals surface area (Å²) in [4.78, 5) is 0. The van der Waals surface area contributed by atoms with E-state index in [9.17, 15) is 4.39 Å². The molecule has 0 atom stereocenters. The van der Waals surface area contributed by atoms with Gasteiger partial charge in [0.25, 0.3) is 0 Å². The van der Waals surface area contributed by atoms with Crippen LogP contribution in [-0.4, -0.2) is 10.2 Å². The molecular formula is C13H15FN2. The molecule has 1 aromatic heterocycles. The van der Waals surface area contributed by atoms with Gasteiger partial charge in [0.15, 0.2) is 0 Å². The lowest BCUT2D eigenvalue weighted by atomic mass is 10.00. The Morgan fingerprint density at radius 2 is 1.94 bits per heavy atom. The van der Waals surface area contributed by atoms with Crippen molar-refractivity contribution in [3.05, 3.63) is 53.1 Å². The van der Waals surface area contributed by atoms with Crippen LogP contribution in [0.3, 0.4) is 0 Å². The van der Waals surface area contributed by atoms with Gasteiger partial charge in [0, 0.05) is 12.1 Å². The fourth-order valence-corrected chi connectivity index (χ4v) is 1.77. The summed E-state index contributed by atoms with van der Waals surface area (Å²) in [6.45, 7) is 4.28. The fraction of sp³-hybridized carbons (Fsp3) is 0.308. The summed E-state index contributed by atoms with van der Waals surface area (Å²) in [5.41, 5.74) is 3.43. The Morgan fingerprint density at radius 1 is 1.25 bits per heavy atom. The van der Waals surface area contributed by atoms with E-state index in [-0.39, 0.29) is 5.82 Å². The standard InChI is InChI=1S/C13H15FN2/c1-9(2)12-8-15-16-13(12)7-10-3-5-11(14)6-4-10/h3-6,8-9H,7H2,1-2H3,(H,15,16). The summed E-state index contributed by atoms with van der Waals surface area (Å²) in [5.74, 6) is 0.256. The molecule has 84 valence electrons. The number of aromatic nitrogens is 2. The molecule has 1 heterocycles. The first-order chi connectivity index (χ1) is 7.66. The topological polar surface area (TPSA) is 28.7 Å². The number of nitrogens with one attached hydrogen (secondary N) is 1. The Hall–Kier alpha value is -1.64. The van der Waals surface area contributed by atoms with Crippen molar-refractivity contribution in [1.82, 2.24) is 10.2 Å². The second-order valence-electron chi connectivity index (χ2n) is 4.26. The molecular weight excluding hydrogens is 203 g/mol. The molecule has 0 unspecified atom stereocenters. The van der Waals surface area contributed by atoms with E-state index in [0.29, 0.717) is 5.92 Å². The molecule has 3 heteroatoms. The number of benzene rings is 1. The van der Waals surface area contributed by atoms with Crippen LogP contribution in [0.25, 0.3) is 0 Å². The molecule has 0 saturated heterocycles. The molecule has 0 saturated carbocycles. The van der Waals surface area contributed by atoms with Gasteiger partial charge >= 0.3 is 0 Å². The maximum atomic E-state index is 12.8. The average molecular weight is 218 g/mol. The predicted molar refractivity (Wildman–Crippen MR) is 61.9 cm³/mol. The molecule has 0 fully saturated rings. The molecule has 0 aliphatic carbocycles. The van der Waals surface area contributed by atoms with Gasteiger partial charge in [-0.05, 0) is 29.2 Å². The van der Waals surface area contributed by atoms with E-state index in [2.05, 4.69) is 24.0 Å². The monoisotopic (exact) mass is 218 g/mol. The second kappa shape index (κ2) is 4.47. The smallest absolute Gasteiger partial charge is 0.123 e. The van der Waals surface area contributed by atoms with Crippen LogP contribution in [0.1, 0.15) is 36.6 Å². The normalized spacial score (nSPS) is 11.0. The van der Waals surface area contributed by atoms with Gasteiger partial charge in [-0.1, -0.05) is 26.0 Å². The predicted octanol–water partition coefficient (Wildman–Crippen LogP) is 3.26. The van der Waals surface area contributed by atoms with Gasteiger partial charge < -0.3 is 0 Å². The third-order valence-corrected chi connectivity index (χ3v) is 2.67.